The highest BCUT2D eigenvalue weighted by Gasteiger charge is 2.17. The molecule has 0 saturated carbocycles. The van der Waals surface area contributed by atoms with E-state index in [-0.39, 0.29) is 5.91 Å². The molecule has 0 spiro atoms. The highest BCUT2D eigenvalue weighted by molar-refractivity contribution is 7.13. The van der Waals surface area contributed by atoms with Gasteiger partial charge in [-0.3, -0.25) is 4.79 Å². The second-order valence-electron chi connectivity index (χ2n) is 4.70. The van der Waals surface area contributed by atoms with Gasteiger partial charge in [0.25, 0.3) is 5.91 Å². The first-order valence-corrected chi connectivity index (χ1v) is 7.94. The van der Waals surface area contributed by atoms with Crippen LogP contribution in [0.4, 0.5) is 0 Å². The fourth-order valence-electron chi connectivity index (χ4n) is 2.10. The first-order valence-electron chi connectivity index (χ1n) is 7.06. The minimum Gasteiger partial charge on any atom is -0.337 e. The second-order valence-corrected chi connectivity index (χ2v) is 5.55. The number of hydrogen-bond donors (Lipinski definition) is 0. The summed E-state index contributed by atoms with van der Waals surface area (Å²) < 4.78 is 0. The molecule has 20 heavy (non-hydrogen) atoms. The van der Waals surface area contributed by atoms with Gasteiger partial charge < -0.3 is 4.90 Å². The third kappa shape index (κ3) is 3.45. The summed E-state index contributed by atoms with van der Waals surface area (Å²) in [6, 6.07) is 9.98. The number of hydrogen-bond acceptors (Lipinski definition) is 3. The van der Waals surface area contributed by atoms with Crippen molar-refractivity contribution in [1.82, 2.24) is 9.88 Å². The topological polar surface area (TPSA) is 33.2 Å². The van der Waals surface area contributed by atoms with Gasteiger partial charge in [-0.05, 0) is 12.8 Å². The molecule has 1 aromatic carbocycles. The van der Waals surface area contributed by atoms with Crippen LogP contribution in [0.25, 0.3) is 10.6 Å². The van der Waals surface area contributed by atoms with E-state index >= 15 is 0 Å². The van der Waals surface area contributed by atoms with Gasteiger partial charge in [-0.2, -0.15) is 0 Å². The van der Waals surface area contributed by atoms with Crippen LogP contribution in [0.3, 0.4) is 0 Å². The molecule has 1 amide bonds. The Kier molecular flexibility index (Phi) is 5.30. The normalized spacial score (nSPS) is 10.5. The quantitative estimate of drug-likeness (QED) is 0.802. The molecular weight excluding hydrogens is 268 g/mol. The smallest absolute Gasteiger partial charge is 0.273 e. The third-order valence-corrected chi connectivity index (χ3v) is 3.91. The highest BCUT2D eigenvalue weighted by atomic mass is 32.1. The van der Waals surface area contributed by atoms with E-state index in [9.17, 15) is 4.79 Å². The molecule has 0 bridgehead atoms. The Hall–Kier alpha value is -1.68. The summed E-state index contributed by atoms with van der Waals surface area (Å²) in [5, 5.41) is 2.77. The highest BCUT2D eigenvalue weighted by Crippen LogP contribution is 2.23. The summed E-state index contributed by atoms with van der Waals surface area (Å²) in [6.45, 7) is 5.77. The first kappa shape index (κ1) is 14.7. The maximum Gasteiger partial charge on any atom is 0.273 e. The van der Waals surface area contributed by atoms with Crippen molar-refractivity contribution in [3.8, 4) is 10.6 Å². The Labute approximate surface area is 124 Å². The van der Waals surface area contributed by atoms with Crippen LogP contribution in [0.5, 0.6) is 0 Å². The number of aromatic nitrogens is 1. The van der Waals surface area contributed by atoms with Gasteiger partial charge in [0, 0.05) is 24.0 Å². The summed E-state index contributed by atoms with van der Waals surface area (Å²) in [5.41, 5.74) is 1.63. The average molecular weight is 288 g/mol. The molecule has 0 aliphatic heterocycles. The first-order chi connectivity index (χ1) is 9.76. The van der Waals surface area contributed by atoms with Crippen molar-refractivity contribution < 1.29 is 4.79 Å². The van der Waals surface area contributed by atoms with Crippen LogP contribution in [-0.2, 0) is 0 Å². The van der Waals surface area contributed by atoms with Crippen molar-refractivity contribution in [3.05, 3.63) is 41.4 Å². The van der Waals surface area contributed by atoms with Crippen LogP contribution in [-0.4, -0.2) is 28.9 Å². The van der Waals surface area contributed by atoms with Crippen molar-refractivity contribution in [2.75, 3.05) is 13.1 Å². The summed E-state index contributed by atoms with van der Waals surface area (Å²) in [7, 11) is 0. The minimum atomic E-state index is 0.0483. The number of nitrogens with zero attached hydrogens (tertiary/aromatic N) is 2. The fraction of sp³-hybridized carbons (Fsp3) is 0.375. The zero-order valence-electron chi connectivity index (χ0n) is 12.0. The largest absolute Gasteiger partial charge is 0.337 e. The lowest BCUT2D eigenvalue weighted by molar-refractivity contribution is 0.0750. The zero-order chi connectivity index (χ0) is 14.4. The Morgan fingerprint density at radius 3 is 2.40 bits per heavy atom. The summed E-state index contributed by atoms with van der Waals surface area (Å²) in [4.78, 5) is 18.8. The molecule has 2 aromatic rings. The molecule has 4 heteroatoms. The van der Waals surface area contributed by atoms with E-state index in [0.29, 0.717) is 5.69 Å². The molecule has 1 heterocycles. The maximum atomic E-state index is 12.4. The van der Waals surface area contributed by atoms with E-state index in [1.54, 1.807) is 0 Å². The van der Waals surface area contributed by atoms with Crippen molar-refractivity contribution in [1.29, 1.82) is 0 Å². The van der Waals surface area contributed by atoms with Crippen molar-refractivity contribution in [3.63, 3.8) is 0 Å². The number of amides is 1. The summed E-state index contributed by atoms with van der Waals surface area (Å²) >= 11 is 1.53. The number of carbonyl (C=O) groups excluding carboxylic acids is 1. The molecule has 0 aliphatic rings. The molecule has 2 rings (SSSR count). The molecule has 0 N–H and O–H groups in total. The molecule has 106 valence electrons. The maximum absolute atomic E-state index is 12.4. The number of benzene rings is 1. The van der Waals surface area contributed by atoms with Gasteiger partial charge in [0.05, 0.1) is 0 Å². The molecular formula is C16H20N2OS. The van der Waals surface area contributed by atoms with Crippen LogP contribution in [0.2, 0.25) is 0 Å². The molecule has 0 aliphatic carbocycles. The Morgan fingerprint density at radius 2 is 1.80 bits per heavy atom. The average Bonchev–Trinajstić information content (AvgIpc) is 2.97. The number of carbonyl (C=O) groups is 1. The van der Waals surface area contributed by atoms with Gasteiger partial charge in [0.2, 0.25) is 0 Å². The van der Waals surface area contributed by atoms with E-state index in [4.69, 9.17) is 0 Å². The van der Waals surface area contributed by atoms with E-state index in [2.05, 4.69) is 18.8 Å². The third-order valence-electron chi connectivity index (χ3n) is 3.02. The second kappa shape index (κ2) is 7.20. The van der Waals surface area contributed by atoms with Crippen LogP contribution in [0.1, 0.15) is 37.2 Å². The van der Waals surface area contributed by atoms with Gasteiger partial charge in [-0.25, -0.2) is 4.98 Å². The van der Waals surface area contributed by atoms with E-state index in [1.807, 2.05) is 40.6 Å². The lowest BCUT2D eigenvalue weighted by Gasteiger charge is -2.20. The number of rotatable bonds is 6. The SMILES string of the molecule is CCCN(CCC)C(=O)c1csc(-c2ccccc2)n1. The van der Waals surface area contributed by atoms with Crippen LogP contribution in [0.15, 0.2) is 35.7 Å². The van der Waals surface area contributed by atoms with Crippen molar-refractivity contribution >= 4 is 17.2 Å². The molecule has 0 saturated heterocycles. The van der Waals surface area contributed by atoms with Gasteiger partial charge in [-0.15, -0.1) is 11.3 Å². The molecule has 0 radical (unpaired) electrons. The Balaban J connectivity index is 2.17. The van der Waals surface area contributed by atoms with Gasteiger partial charge in [0.1, 0.15) is 10.7 Å². The Bertz CT molecular complexity index is 545. The zero-order valence-corrected chi connectivity index (χ0v) is 12.8. The summed E-state index contributed by atoms with van der Waals surface area (Å²) in [5.74, 6) is 0.0483. The lowest BCUT2D eigenvalue weighted by atomic mass is 10.2. The molecule has 0 unspecified atom stereocenters. The van der Waals surface area contributed by atoms with Gasteiger partial charge in [-0.1, -0.05) is 44.2 Å². The Morgan fingerprint density at radius 1 is 1.15 bits per heavy atom. The van der Waals surface area contributed by atoms with E-state index in [0.717, 1.165) is 36.5 Å². The van der Waals surface area contributed by atoms with Gasteiger partial charge >= 0.3 is 0 Å². The van der Waals surface area contributed by atoms with Gasteiger partial charge in [0.15, 0.2) is 0 Å². The molecule has 0 fully saturated rings. The molecule has 3 nitrogen and oxygen atoms in total. The standard InChI is InChI=1S/C16H20N2OS/c1-3-10-18(11-4-2)16(19)14-12-20-15(17-14)13-8-6-5-7-9-13/h5-9,12H,3-4,10-11H2,1-2H3. The fourth-order valence-corrected chi connectivity index (χ4v) is 2.90. The lowest BCUT2D eigenvalue weighted by Crippen LogP contribution is -2.32. The van der Waals surface area contributed by atoms with Crippen LogP contribution < -0.4 is 0 Å². The monoisotopic (exact) mass is 288 g/mol. The summed E-state index contributed by atoms with van der Waals surface area (Å²) in [6.07, 6.45) is 1.95. The minimum absolute atomic E-state index is 0.0483. The molecule has 1 aromatic heterocycles. The van der Waals surface area contributed by atoms with E-state index < -0.39 is 0 Å². The number of thiazole rings is 1. The van der Waals surface area contributed by atoms with Crippen LogP contribution >= 0.6 is 11.3 Å². The van der Waals surface area contributed by atoms with Crippen molar-refractivity contribution in [2.45, 2.75) is 26.7 Å². The molecule has 0 atom stereocenters. The van der Waals surface area contributed by atoms with Crippen molar-refractivity contribution in [2.24, 2.45) is 0 Å². The predicted molar refractivity (Wildman–Crippen MR) is 84.0 cm³/mol. The van der Waals surface area contributed by atoms with Crippen LogP contribution in [0, 0.1) is 0 Å². The predicted octanol–water partition coefficient (Wildman–Crippen LogP) is 4.07. The van der Waals surface area contributed by atoms with E-state index in [1.165, 1.54) is 11.3 Å².